The molecule has 0 bridgehead atoms. The van der Waals surface area contributed by atoms with Crippen LogP contribution in [0.4, 0.5) is 0 Å². The second kappa shape index (κ2) is 6.83. The van der Waals surface area contributed by atoms with Crippen LogP contribution in [-0.4, -0.2) is 22.9 Å². The smallest absolute Gasteiger partial charge is 0.106 e. The fraction of sp³-hybridized carbons (Fsp3) is 0.400. The van der Waals surface area contributed by atoms with E-state index in [9.17, 15) is 10.2 Å². The SMILES string of the molecule is [N-]=[N+]=NCCC(O)C(O)c1cc(Br)ccc1Cl. The molecule has 1 rings (SSSR count). The minimum absolute atomic E-state index is 0.125. The summed E-state index contributed by atoms with van der Waals surface area (Å²) in [7, 11) is 0. The van der Waals surface area contributed by atoms with Crippen molar-refractivity contribution in [1.29, 1.82) is 0 Å². The molecule has 0 spiro atoms. The summed E-state index contributed by atoms with van der Waals surface area (Å²) in [4.78, 5) is 2.57. The largest absolute Gasteiger partial charge is 0.390 e. The molecule has 0 saturated heterocycles. The molecule has 0 heterocycles. The van der Waals surface area contributed by atoms with Gasteiger partial charge in [-0.05, 0) is 30.2 Å². The number of hydrogen-bond acceptors (Lipinski definition) is 3. The Morgan fingerprint density at radius 3 is 2.82 bits per heavy atom. The number of azide groups is 1. The van der Waals surface area contributed by atoms with Crippen LogP contribution in [0.15, 0.2) is 27.8 Å². The first-order chi connectivity index (χ1) is 8.06. The topological polar surface area (TPSA) is 89.2 Å². The molecule has 0 amide bonds. The average molecular weight is 321 g/mol. The van der Waals surface area contributed by atoms with Gasteiger partial charge in [-0.2, -0.15) is 0 Å². The van der Waals surface area contributed by atoms with Gasteiger partial charge in [-0.1, -0.05) is 32.6 Å². The Kier molecular flexibility index (Phi) is 5.74. The quantitative estimate of drug-likeness (QED) is 0.495. The normalized spacial score (nSPS) is 13.9. The second-order valence-corrected chi connectivity index (χ2v) is 4.74. The minimum atomic E-state index is -1.10. The summed E-state index contributed by atoms with van der Waals surface area (Å²) in [5.41, 5.74) is 8.54. The third kappa shape index (κ3) is 4.18. The van der Waals surface area contributed by atoms with Crippen molar-refractivity contribution >= 4 is 27.5 Å². The van der Waals surface area contributed by atoms with Crippen LogP contribution >= 0.6 is 27.5 Å². The Morgan fingerprint density at radius 2 is 2.18 bits per heavy atom. The summed E-state index contributed by atoms with van der Waals surface area (Å²) in [6.07, 6.45) is -1.95. The Hall–Kier alpha value is -0.780. The Bertz CT molecular complexity index is 438. The fourth-order valence-electron chi connectivity index (χ4n) is 1.34. The molecule has 0 aliphatic heterocycles. The van der Waals surface area contributed by atoms with E-state index in [1.807, 2.05) is 0 Å². The molecule has 0 aliphatic carbocycles. The van der Waals surface area contributed by atoms with Crippen molar-refractivity contribution in [2.24, 2.45) is 5.11 Å². The molecule has 17 heavy (non-hydrogen) atoms. The maximum absolute atomic E-state index is 9.90. The first kappa shape index (κ1) is 14.3. The van der Waals surface area contributed by atoms with Gasteiger partial charge in [0.25, 0.3) is 0 Å². The predicted molar refractivity (Wildman–Crippen MR) is 68.7 cm³/mol. The van der Waals surface area contributed by atoms with E-state index < -0.39 is 12.2 Å². The van der Waals surface area contributed by atoms with Crippen molar-refractivity contribution in [3.05, 3.63) is 43.7 Å². The number of halogens is 2. The van der Waals surface area contributed by atoms with E-state index in [0.717, 1.165) is 4.47 Å². The van der Waals surface area contributed by atoms with Crippen molar-refractivity contribution in [2.75, 3.05) is 6.54 Å². The van der Waals surface area contributed by atoms with Gasteiger partial charge in [-0.3, -0.25) is 0 Å². The molecule has 5 nitrogen and oxygen atoms in total. The Balaban J connectivity index is 2.76. The third-order valence-electron chi connectivity index (χ3n) is 2.23. The van der Waals surface area contributed by atoms with Crippen LogP contribution in [0.2, 0.25) is 5.02 Å². The van der Waals surface area contributed by atoms with Gasteiger partial charge >= 0.3 is 0 Å². The van der Waals surface area contributed by atoms with Gasteiger partial charge in [0.05, 0.1) is 6.10 Å². The van der Waals surface area contributed by atoms with Gasteiger partial charge in [0.15, 0.2) is 0 Å². The summed E-state index contributed by atoms with van der Waals surface area (Å²) in [5.74, 6) is 0. The Labute approximate surface area is 112 Å². The molecule has 2 N–H and O–H groups in total. The highest BCUT2D eigenvalue weighted by atomic mass is 79.9. The maximum atomic E-state index is 9.90. The molecule has 0 aromatic heterocycles. The maximum Gasteiger partial charge on any atom is 0.106 e. The lowest BCUT2D eigenvalue weighted by Gasteiger charge is -2.18. The predicted octanol–water partition coefficient (Wildman–Crippen LogP) is 3.20. The number of benzene rings is 1. The van der Waals surface area contributed by atoms with Crippen LogP contribution in [0.1, 0.15) is 18.1 Å². The highest BCUT2D eigenvalue weighted by Crippen LogP contribution is 2.29. The minimum Gasteiger partial charge on any atom is -0.390 e. The van der Waals surface area contributed by atoms with Crippen LogP contribution in [0, 0.1) is 0 Å². The zero-order chi connectivity index (χ0) is 12.8. The van der Waals surface area contributed by atoms with E-state index in [1.165, 1.54) is 0 Å². The summed E-state index contributed by atoms with van der Waals surface area (Å²) in [6.45, 7) is 0.125. The monoisotopic (exact) mass is 319 g/mol. The first-order valence-electron chi connectivity index (χ1n) is 4.88. The summed E-state index contributed by atoms with van der Waals surface area (Å²) < 4.78 is 0.762. The molecule has 92 valence electrons. The number of aliphatic hydroxyl groups excluding tert-OH is 2. The van der Waals surface area contributed by atoms with E-state index in [2.05, 4.69) is 26.0 Å². The van der Waals surface area contributed by atoms with Crippen LogP contribution in [0.25, 0.3) is 10.4 Å². The van der Waals surface area contributed by atoms with E-state index in [1.54, 1.807) is 18.2 Å². The zero-order valence-electron chi connectivity index (χ0n) is 8.79. The van der Waals surface area contributed by atoms with Crippen molar-refractivity contribution in [3.63, 3.8) is 0 Å². The van der Waals surface area contributed by atoms with Gasteiger partial charge in [-0.25, -0.2) is 0 Å². The van der Waals surface area contributed by atoms with Crippen LogP contribution in [-0.2, 0) is 0 Å². The molecular formula is C10H11BrClN3O2. The molecule has 0 aliphatic rings. The number of nitrogens with zero attached hydrogens (tertiary/aromatic N) is 3. The summed E-state index contributed by atoms with van der Waals surface area (Å²) in [6, 6.07) is 5.01. The molecule has 7 heteroatoms. The van der Waals surface area contributed by atoms with Gasteiger partial charge in [0, 0.05) is 26.5 Å². The summed E-state index contributed by atoms with van der Waals surface area (Å²) >= 11 is 9.18. The lowest BCUT2D eigenvalue weighted by Crippen LogP contribution is -2.19. The van der Waals surface area contributed by atoms with Gasteiger partial charge in [-0.15, -0.1) is 0 Å². The lowest BCUT2D eigenvalue weighted by atomic mass is 10.0. The number of aliphatic hydroxyl groups is 2. The van der Waals surface area contributed by atoms with E-state index >= 15 is 0 Å². The van der Waals surface area contributed by atoms with Crippen molar-refractivity contribution in [1.82, 2.24) is 0 Å². The molecule has 2 atom stereocenters. The molecule has 0 fully saturated rings. The molecule has 2 unspecified atom stereocenters. The van der Waals surface area contributed by atoms with Gasteiger partial charge in [0.2, 0.25) is 0 Å². The number of rotatable bonds is 5. The van der Waals surface area contributed by atoms with Gasteiger partial charge < -0.3 is 10.2 Å². The van der Waals surface area contributed by atoms with Crippen LogP contribution < -0.4 is 0 Å². The first-order valence-corrected chi connectivity index (χ1v) is 6.05. The van der Waals surface area contributed by atoms with Gasteiger partial charge in [0.1, 0.15) is 6.10 Å². The van der Waals surface area contributed by atoms with Crippen LogP contribution in [0.3, 0.4) is 0 Å². The lowest BCUT2D eigenvalue weighted by molar-refractivity contribution is 0.0150. The number of hydrogen-bond donors (Lipinski definition) is 2. The second-order valence-electron chi connectivity index (χ2n) is 3.42. The summed E-state index contributed by atoms with van der Waals surface area (Å²) in [5, 5.41) is 23.3. The van der Waals surface area contributed by atoms with E-state index in [4.69, 9.17) is 17.1 Å². The third-order valence-corrected chi connectivity index (χ3v) is 3.07. The Morgan fingerprint density at radius 1 is 1.47 bits per heavy atom. The van der Waals surface area contributed by atoms with Crippen molar-refractivity contribution in [3.8, 4) is 0 Å². The van der Waals surface area contributed by atoms with Crippen molar-refractivity contribution < 1.29 is 10.2 Å². The van der Waals surface area contributed by atoms with Crippen molar-refractivity contribution in [2.45, 2.75) is 18.6 Å². The fourth-order valence-corrected chi connectivity index (χ4v) is 1.95. The zero-order valence-corrected chi connectivity index (χ0v) is 11.1. The average Bonchev–Trinajstić information content (AvgIpc) is 2.31. The molecular weight excluding hydrogens is 309 g/mol. The van der Waals surface area contributed by atoms with Crippen LogP contribution in [0.5, 0.6) is 0 Å². The molecule has 1 aromatic carbocycles. The molecule has 1 aromatic rings. The molecule has 0 saturated carbocycles. The highest BCUT2D eigenvalue weighted by molar-refractivity contribution is 9.10. The van der Waals surface area contributed by atoms with E-state index in [0.29, 0.717) is 10.6 Å². The van der Waals surface area contributed by atoms with E-state index in [-0.39, 0.29) is 13.0 Å². The standard InChI is InChI=1S/C10H11BrClN3O2/c11-6-1-2-8(12)7(5-6)10(17)9(16)3-4-14-15-13/h1-2,5,9-10,16-17H,3-4H2. The molecule has 0 radical (unpaired) electrons. The highest BCUT2D eigenvalue weighted by Gasteiger charge is 2.20.